The minimum atomic E-state index is -0.416. The minimum Gasteiger partial charge on any atom is -0.368 e. The third-order valence-electron chi connectivity index (χ3n) is 7.72. The number of amides is 3. The van der Waals surface area contributed by atoms with Gasteiger partial charge in [0.25, 0.3) is 5.91 Å². The number of hydrogen-bond acceptors (Lipinski definition) is 4. The standard InChI is InChI=1S/C32H35FN4O3/c33-27-12-6-11-26(21-27)32(40)36-19-17-35(18-20-36)29-15-13-28(14-16-29)34-30(38)23-37(22-24-7-2-1-3-8-24)31(39)25-9-4-5-10-25/h1-3,6-8,11-16,21,25H,4-5,9-10,17-20,22-23H2,(H,34,38). The summed E-state index contributed by atoms with van der Waals surface area (Å²) in [6.07, 6.45) is 3.90. The number of anilines is 2. The van der Waals surface area contributed by atoms with Gasteiger partial charge in [-0.3, -0.25) is 14.4 Å². The van der Waals surface area contributed by atoms with Crippen molar-refractivity contribution in [1.82, 2.24) is 9.80 Å². The quantitative estimate of drug-likeness (QED) is 0.438. The molecule has 3 aromatic rings. The zero-order valence-corrected chi connectivity index (χ0v) is 22.6. The van der Waals surface area contributed by atoms with Crippen LogP contribution in [0.15, 0.2) is 78.9 Å². The predicted octanol–water partition coefficient (Wildman–Crippen LogP) is 4.95. The van der Waals surface area contributed by atoms with E-state index in [-0.39, 0.29) is 30.2 Å². The fourth-order valence-corrected chi connectivity index (χ4v) is 5.55. The molecule has 1 heterocycles. The van der Waals surface area contributed by atoms with Crippen molar-refractivity contribution in [1.29, 1.82) is 0 Å². The van der Waals surface area contributed by atoms with Crippen LogP contribution in [-0.2, 0) is 16.1 Å². The van der Waals surface area contributed by atoms with Crippen molar-refractivity contribution in [2.45, 2.75) is 32.2 Å². The molecule has 208 valence electrons. The fourth-order valence-electron chi connectivity index (χ4n) is 5.55. The topological polar surface area (TPSA) is 73.0 Å². The number of carbonyl (C=O) groups is 3. The molecule has 5 rings (SSSR count). The maximum absolute atomic E-state index is 13.5. The molecule has 0 spiro atoms. The number of rotatable bonds is 8. The molecule has 1 saturated carbocycles. The summed E-state index contributed by atoms with van der Waals surface area (Å²) < 4.78 is 13.5. The van der Waals surface area contributed by atoms with Crippen LogP contribution in [0.5, 0.6) is 0 Å². The van der Waals surface area contributed by atoms with Crippen molar-refractivity contribution in [3.05, 3.63) is 95.8 Å². The van der Waals surface area contributed by atoms with Crippen LogP contribution < -0.4 is 10.2 Å². The second-order valence-electron chi connectivity index (χ2n) is 10.5. The smallest absolute Gasteiger partial charge is 0.254 e. The summed E-state index contributed by atoms with van der Waals surface area (Å²) in [5.41, 5.74) is 3.03. The minimum absolute atomic E-state index is 0.000385. The highest BCUT2D eigenvalue weighted by Gasteiger charge is 2.28. The Labute approximate surface area is 234 Å². The molecule has 1 aliphatic heterocycles. The zero-order valence-electron chi connectivity index (χ0n) is 22.6. The predicted molar refractivity (Wildman–Crippen MR) is 153 cm³/mol. The first kappa shape index (κ1) is 27.4. The van der Waals surface area contributed by atoms with Gasteiger partial charge in [-0.05, 0) is 60.9 Å². The highest BCUT2D eigenvalue weighted by atomic mass is 19.1. The van der Waals surface area contributed by atoms with E-state index in [0.717, 1.165) is 36.9 Å². The lowest BCUT2D eigenvalue weighted by Crippen LogP contribution is -2.48. The van der Waals surface area contributed by atoms with E-state index in [0.29, 0.717) is 44.0 Å². The molecule has 3 aromatic carbocycles. The van der Waals surface area contributed by atoms with E-state index in [4.69, 9.17) is 0 Å². The molecule has 0 bridgehead atoms. The molecule has 1 aliphatic carbocycles. The Kier molecular flexibility index (Phi) is 8.74. The molecule has 1 saturated heterocycles. The van der Waals surface area contributed by atoms with E-state index in [9.17, 15) is 18.8 Å². The van der Waals surface area contributed by atoms with Gasteiger partial charge in [0, 0.05) is 55.6 Å². The van der Waals surface area contributed by atoms with Gasteiger partial charge in [0.1, 0.15) is 12.4 Å². The molecular formula is C32H35FN4O3. The summed E-state index contributed by atoms with van der Waals surface area (Å²) >= 11 is 0. The van der Waals surface area contributed by atoms with E-state index in [1.807, 2.05) is 54.6 Å². The Hall–Kier alpha value is -4.20. The third kappa shape index (κ3) is 6.86. The van der Waals surface area contributed by atoms with Gasteiger partial charge in [-0.2, -0.15) is 0 Å². The average molecular weight is 543 g/mol. The molecule has 0 aromatic heterocycles. The largest absolute Gasteiger partial charge is 0.368 e. The van der Waals surface area contributed by atoms with Gasteiger partial charge in [0.2, 0.25) is 11.8 Å². The number of piperazine rings is 1. The lowest BCUT2D eigenvalue weighted by molar-refractivity contribution is -0.138. The Morgan fingerprint density at radius 1 is 0.850 bits per heavy atom. The van der Waals surface area contributed by atoms with Gasteiger partial charge in [0.05, 0.1) is 0 Å². The maximum atomic E-state index is 13.5. The Morgan fingerprint density at radius 2 is 1.55 bits per heavy atom. The molecule has 2 fully saturated rings. The van der Waals surface area contributed by atoms with Crippen LogP contribution in [0.2, 0.25) is 0 Å². The molecule has 0 atom stereocenters. The van der Waals surface area contributed by atoms with Crippen LogP contribution >= 0.6 is 0 Å². The van der Waals surface area contributed by atoms with E-state index in [1.165, 1.54) is 12.1 Å². The number of hydrogen-bond donors (Lipinski definition) is 1. The number of halogens is 1. The second kappa shape index (κ2) is 12.8. The van der Waals surface area contributed by atoms with Gasteiger partial charge in [0.15, 0.2) is 0 Å². The number of benzene rings is 3. The highest BCUT2D eigenvalue weighted by Crippen LogP contribution is 2.27. The Morgan fingerprint density at radius 3 is 2.23 bits per heavy atom. The molecular weight excluding hydrogens is 507 g/mol. The molecule has 40 heavy (non-hydrogen) atoms. The van der Waals surface area contributed by atoms with Crippen molar-refractivity contribution < 1.29 is 18.8 Å². The monoisotopic (exact) mass is 542 g/mol. The first-order valence-electron chi connectivity index (χ1n) is 14.0. The van der Waals surface area contributed by atoms with E-state index >= 15 is 0 Å². The first-order chi connectivity index (χ1) is 19.5. The van der Waals surface area contributed by atoms with Crippen LogP contribution in [0.3, 0.4) is 0 Å². The summed E-state index contributed by atoms with van der Waals surface area (Å²) in [5.74, 6) is -0.743. The van der Waals surface area contributed by atoms with Gasteiger partial charge in [-0.1, -0.05) is 49.2 Å². The van der Waals surface area contributed by atoms with Crippen LogP contribution in [0.4, 0.5) is 15.8 Å². The molecule has 0 radical (unpaired) electrons. The molecule has 0 unspecified atom stereocenters. The second-order valence-corrected chi connectivity index (χ2v) is 10.5. The van der Waals surface area contributed by atoms with Gasteiger partial charge < -0.3 is 20.0 Å². The zero-order chi connectivity index (χ0) is 27.9. The van der Waals surface area contributed by atoms with E-state index in [1.54, 1.807) is 21.9 Å². The lowest BCUT2D eigenvalue weighted by Gasteiger charge is -2.36. The van der Waals surface area contributed by atoms with E-state index < -0.39 is 5.82 Å². The number of carbonyl (C=O) groups excluding carboxylic acids is 3. The number of nitrogens with one attached hydrogen (secondary N) is 1. The van der Waals surface area contributed by atoms with Crippen LogP contribution in [-0.4, -0.2) is 60.2 Å². The summed E-state index contributed by atoms with van der Waals surface area (Å²) in [6.45, 7) is 2.82. The average Bonchev–Trinajstić information content (AvgIpc) is 3.52. The molecule has 8 heteroatoms. The lowest BCUT2D eigenvalue weighted by atomic mass is 10.1. The highest BCUT2D eigenvalue weighted by molar-refractivity contribution is 5.95. The van der Waals surface area contributed by atoms with Crippen molar-refractivity contribution in [3.63, 3.8) is 0 Å². The van der Waals surface area contributed by atoms with Crippen molar-refractivity contribution in [3.8, 4) is 0 Å². The SMILES string of the molecule is O=C(CN(Cc1ccccc1)C(=O)C1CCCC1)Nc1ccc(N2CCN(C(=O)c3cccc(F)c3)CC2)cc1. The maximum Gasteiger partial charge on any atom is 0.254 e. The van der Waals surface area contributed by atoms with Crippen LogP contribution in [0.25, 0.3) is 0 Å². The summed E-state index contributed by atoms with van der Waals surface area (Å²) in [4.78, 5) is 44.5. The first-order valence-corrected chi connectivity index (χ1v) is 14.0. The summed E-state index contributed by atoms with van der Waals surface area (Å²) in [5, 5.41) is 2.94. The Bertz CT molecular complexity index is 1320. The van der Waals surface area contributed by atoms with Crippen molar-refractivity contribution in [2.24, 2.45) is 5.92 Å². The summed E-state index contributed by atoms with van der Waals surface area (Å²) in [6, 6.07) is 23.2. The molecule has 7 nitrogen and oxygen atoms in total. The Balaban J connectivity index is 1.15. The van der Waals surface area contributed by atoms with Crippen molar-refractivity contribution >= 4 is 29.1 Å². The van der Waals surface area contributed by atoms with E-state index in [2.05, 4.69) is 10.2 Å². The van der Waals surface area contributed by atoms with Crippen LogP contribution in [0.1, 0.15) is 41.6 Å². The molecule has 1 N–H and O–H groups in total. The molecule has 3 amide bonds. The van der Waals surface area contributed by atoms with Gasteiger partial charge in [-0.15, -0.1) is 0 Å². The van der Waals surface area contributed by atoms with Crippen LogP contribution in [0, 0.1) is 11.7 Å². The molecule has 2 aliphatic rings. The fraction of sp³-hybridized carbons (Fsp3) is 0.344. The van der Waals surface area contributed by atoms with Crippen molar-refractivity contribution in [2.75, 3.05) is 42.9 Å². The normalized spacial score (nSPS) is 15.6. The number of nitrogens with zero attached hydrogens (tertiary/aromatic N) is 3. The van der Waals surface area contributed by atoms with Gasteiger partial charge in [-0.25, -0.2) is 4.39 Å². The van der Waals surface area contributed by atoms with Gasteiger partial charge >= 0.3 is 0 Å². The summed E-state index contributed by atoms with van der Waals surface area (Å²) in [7, 11) is 0. The third-order valence-corrected chi connectivity index (χ3v) is 7.72.